The van der Waals surface area contributed by atoms with E-state index in [1.165, 1.54) is 0 Å². The molecule has 19 heavy (non-hydrogen) atoms. The van der Waals surface area contributed by atoms with E-state index in [2.05, 4.69) is 9.50 Å². The number of amides is 2. The van der Waals surface area contributed by atoms with E-state index in [4.69, 9.17) is 5.73 Å². The first-order valence-electron chi connectivity index (χ1n) is 5.86. The first-order valence-corrected chi connectivity index (χ1v) is 7.68. The fraction of sp³-hybridized carbons (Fsp3) is 0.417. The van der Waals surface area contributed by atoms with Crippen LogP contribution in [0.4, 0.5) is 10.5 Å². The molecule has 0 aromatic heterocycles. The molecule has 1 rings (SSSR count). The molecule has 0 bridgehead atoms. The van der Waals surface area contributed by atoms with Crippen LogP contribution in [0.2, 0.25) is 0 Å². The molecule has 0 atom stereocenters. The Bertz CT molecular complexity index is 528. The normalized spacial score (nSPS) is 11.2. The minimum Gasteiger partial charge on any atom is -0.351 e. The number of urea groups is 1. The molecular formula is C12H18N2O4S. The Kier molecular flexibility index (Phi) is 5.78. The summed E-state index contributed by atoms with van der Waals surface area (Å²) < 4.78 is 26.1. The number of nitrogens with one attached hydrogen (secondary N) is 1. The predicted octanol–water partition coefficient (Wildman–Crippen LogP) is 1.48. The number of carbonyl (C=O) groups is 1. The van der Waals surface area contributed by atoms with Crippen molar-refractivity contribution in [1.82, 2.24) is 0 Å². The summed E-state index contributed by atoms with van der Waals surface area (Å²) >= 11 is 0. The average Bonchev–Trinajstić information content (AvgIpc) is 2.26. The van der Waals surface area contributed by atoms with Gasteiger partial charge in [-0.3, -0.25) is 4.18 Å². The fourth-order valence-electron chi connectivity index (χ4n) is 1.59. The number of benzene rings is 1. The highest BCUT2D eigenvalue weighted by Crippen LogP contribution is 2.12. The molecule has 0 saturated heterocycles. The van der Waals surface area contributed by atoms with Gasteiger partial charge in [-0.25, -0.2) is 4.79 Å². The van der Waals surface area contributed by atoms with Gasteiger partial charge in [-0.05, 0) is 37.0 Å². The minimum absolute atomic E-state index is 0.193. The van der Waals surface area contributed by atoms with Crippen LogP contribution in [0.3, 0.4) is 0 Å². The molecular weight excluding hydrogens is 268 g/mol. The SMILES string of the molecule is CS(=O)(=O)OCCCCc1cccc(NC(N)=O)c1. The van der Waals surface area contributed by atoms with Crippen LogP contribution in [0.1, 0.15) is 18.4 Å². The van der Waals surface area contributed by atoms with Gasteiger partial charge in [-0.1, -0.05) is 12.1 Å². The zero-order valence-electron chi connectivity index (χ0n) is 10.8. The summed E-state index contributed by atoms with van der Waals surface area (Å²) in [4.78, 5) is 10.7. The van der Waals surface area contributed by atoms with Gasteiger partial charge in [0.15, 0.2) is 0 Å². The maximum absolute atomic E-state index is 10.7. The largest absolute Gasteiger partial charge is 0.351 e. The lowest BCUT2D eigenvalue weighted by Crippen LogP contribution is -2.19. The van der Waals surface area contributed by atoms with Crippen molar-refractivity contribution in [3.05, 3.63) is 29.8 Å². The molecule has 0 unspecified atom stereocenters. The maximum atomic E-state index is 10.7. The summed E-state index contributed by atoms with van der Waals surface area (Å²) in [5, 5.41) is 2.50. The lowest BCUT2D eigenvalue weighted by atomic mass is 10.1. The number of hydrogen-bond donors (Lipinski definition) is 2. The van der Waals surface area contributed by atoms with Crippen molar-refractivity contribution < 1.29 is 17.4 Å². The van der Waals surface area contributed by atoms with Crippen molar-refractivity contribution in [2.75, 3.05) is 18.2 Å². The van der Waals surface area contributed by atoms with Crippen LogP contribution >= 0.6 is 0 Å². The summed E-state index contributed by atoms with van der Waals surface area (Å²) in [6, 6.07) is 6.75. The summed E-state index contributed by atoms with van der Waals surface area (Å²) in [7, 11) is -3.35. The van der Waals surface area contributed by atoms with Crippen molar-refractivity contribution in [3.63, 3.8) is 0 Å². The van der Waals surface area contributed by atoms with Crippen LogP contribution in [0, 0.1) is 0 Å². The molecule has 7 heteroatoms. The Morgan fingerprint density at radius 1 is 1.37 bits per heavy atom. The average molecular weight is 286 g/mol. The molecule has 1 aromatic carbocycles. The van der Waals surface area contributed by atoms with Gasteiger partial charge in [-0.15, -0.1) is 0 Å². The lowest BCUT2D eigenvalue weighted by molar-refractivity contribution is 0.259. The van der Waals surface area contributed by atoms with Crippen molar-refractivity contribution in [2.45, 2.75) is 19.3 Å². The maximum Gasteiger partial charge on any atom is 0.316 e. The summed E-state index contributed by atoms with van der Waals surface area (Å²) in [6.07, 6.45) is 3.27. The summed E-state index contributed by atoms with van der Waals surface area (Å²) in [5.41, 5.74) is 6.73. The minimum atomic E-state index is -3.35. The predicted molar refractivity (Wildman–Crippen MR) is 73.4 cm³/mol. The van der Waals surface area contributed by atoms with Gasteiger partial charge < -0.3 is 11.1 Å². The fourth-order valence-corrected chi connectivity index (χ4v) is 2.01. The van der Waals surface area contributed by atoms with Crippen LogP contribution in [0.15, 0.2) is 24.3 Å². The molecule has 0 aliphatic carbocycles. The number of nitrogens with two attached hydrogens (primary N) is 1. The van der Waals surface area contributed by atoms with Gasteiger partial charge in [0.05, 0.1) is 12.9 Å². The van der Waals surface area contributed by atoms with E-state index in [9.17, 15) is 13.2 Å². The number of aryl methyl sites for hydroxylation is 1. The van der Waals surface area contributed by atoms with Crippen molar-refractivity contribution in [1.29, 1.82) is 0 Å². The second-order valence-corrected chi connectivity index (χ2v) is 5.82. The van der Waals surface area contributed by atoms with Crippen LogP contribution in [-0.2, 0) is 20.7 Å². The van der Waals surface area contributed by atoms with Gasteiger partial charge in [0.2, 0.25) is 0 Å². The second kappa shape index (κ2) is 7.10. The second-order valence-electron chi connectivity index (χ2n) is 4.17. The Labute approximate surface area is 113 Å². The smallest absolute Gasteiger partial charge is 0.316 e. The van der Waals surface area contributed by atoms with Gasteiger partial charge in [0.25, 0.3) is 10.1 Å². The summed E-state index contributed by atoms with van der Waals surface area (Å²) in [5.74, 6) is 0. The van der Waals surface area contributed by atoms with E-state index in [-0.39, 0.29) is 6.61 Å². The van der Waals surface area contributed by atoms with Gasteiger partial charge in [0, 0.05) is 5.69 Å². The molecule has 0 fully saturated rings. The van der Waals surface area contributed by atoms with E-state index in [1.54, 1.807) is 6.07 Å². The van der Waals surface area contributed by atoms with E-state index in [0.717, 1.165) is 24.7 Å². The number of hydrogen-bond acceptors (Lipinski definition) is 4. The van der Waals surface area contributed by atoms with E-state index in [1.807, 2.05) is 18.2 Å². The number of anilines is 1. The quantitative estimate of drug-likeness (QED) is 0.586. The highest BCUT2D eigenvalue weighted by molar-refractivity contribution is 7.85. The zero-order valence-corrected chi connectivity index (χ0v) is 11.6. The third-order valence-corrected chi connectivity index (χ3v) is 2.95. The first-order chi connectivity index (χ1) is 8.87. The monoisotopic (exact) mass is 286 g/mol. The Hall–Kier alpha value is -1.60. The Morgan fingerprint density at radius 3 is 2.74 bits per heavy atom. The third kappa shape index (κ3) is 7.43. The van der Waals surface area contributed by atoms with Crippen molar-refractivity contribution >= 4 is 21.8 Å². The number of rotatable bonds is 7. The molecule has 3 N–H and O–H groups in total. The van der Waals surface area contributed by atoms with Crippen LogP contribution in [0.25, 0.3) is 0 Å². The molecule has 1 aromatic rings. The molecule has 6 nitrogen and oxygen atoms in total. The third-order valence-electron chi connectivity index (χ3n) is 2.35. The standard InChI is InChI=1S/C12H18N2O4S/c1-19(16,17)18-8-3-2-5-10-6-4-7-11(9-10)14-12(13)15/h4,6-7,9H,2-3,5,8H2,1H3,(H3,13,14,15). The van der Waals surface area contributed by atoms with E-state index >= 15 is 0 Å². The van der Waals surface area contributed by atoms with Crippen LogP contribution < -0.4 is 11.1 Å². The Balaban J connectivity index is 2.35. The summed E-state index contributed by atoms with van der Waals surface area (Å²) in [6.45, 7) is 0.193. The number of primary amides is 1. The van der Waals surface area contributed by atoms with E-state index in [0.29, 0.717) is 12.1 Å². The molecule has 2 amide bonds. The number of carbonyl (C=O) groups excluding carboxylic acids is 1. The topological polar surface area (TPSA) is 98.5 Å². The van der Waals surface area contributed by atoms with Crippen molar-refractivity contribution in [3.8, 4) is 0 Å². The Morgan fingerprint density at radius 2 is 2.11 bits per heavy atom. The molecule has 106 valence electrons. The molecule has 0 aliphatic heterocycles. The van der Waals surface area contributed by atoms with E-state index < -0.39 is 16.1 Å². The van der Waals surface area contributed by atoms with Crippen LogP contribution in [0.5, 0.6) is 0 Å². The lowest BCUT2D eigenvalue weighted by Gasteiger charge is -2.05. The van der Waals surface area contributed by atoms with Gasteiger partial charge >= 0.3 is 6.03 Å². The van der Waals surface area contributed by atoms with Gasteiger partial charge in [0.1, 0.15) is 0 Å². The molecule has 0 saturated carbocycles. The van der Waals surface area contributed by atoms with Crippen LogP contribution in [-0.4, -0.2) is 27.3 Å². The zero-order chi connectivity index (χ0) is 14.3. The first kappa shape index (κ1) is 15.5. The van der Waals surface area contributed by atoms with Gasteiger partial charge in [-0.2, -0.15) is 8.42 Å². The highest BCUT2D eigenvalue weighted by atomic mass is 32.2. The number of unbranched alkanes of at least 4 members (excludes halogenated alkanes) is 1. The molecule has 0 heterocycles. The highest BCUT2D eigenvalue weighted by Gasteiger charge is 2.02. The molecule has 0 radical (unpaired) electrons. The van der Waals surface area contributed by atoms with Crippen molar-refractivity contribution in [2.24, 2.45) is 5.73 Å². The molecule has 0 spiro atoms. The molecule has 0 aliphatic rings.